The van der Waals surface area contributed by atoms with Crippen molar-refractivity contribution in [1.29, 1.82) is 0 Å². The van der Waals surface area contributed by atoms with Crippen molar-refractivity contribution < 1.29 is 33.3 Å². The molecule has 0 bridgehead atoms. The molecule has 1 aromatic heterocycles. The molecule has 1 amide bonds. The molecule has 2 unspecified atom stereocenters. The molecule has 0 spiro atoms. The highest BCUT2D eigenvalue weighted by atomic mass is 16.7. The molecule has 27 heavy (non-hydrogen) atoms. The first-order chi connectivity index (χ1) is 12.7. The molecule has 9 nitrogen and oxygen atoms in total. The van der Waals surface area contributed by atoms with E-state index in [1.54, 1.807) is 38.1 Å². The first-order valence-corrected chi connectivity index (χ1v) is 8.26. The summed E-state index contributed by atoms with van der Waals surface area (Å²) in [5, 5.41) is 11.2. The number of hydrogen-bond donors (Lipinski definition) is 2. The van der Waals surface area contributed by atoms with Crippen LogP contribution in [0.2, 0.25) is 0 Å². The van der Waals surface area contributed by atoms with Crippen molar-refractivity contribution in [2.45, 2.75) is 44.1 Å². The minimum absolute atomic E-state index is 0.360. The maximum Gasteiger partial charge on any atom is 0.405 e. The Bertz CT molecular complexity index is 892. The summed E-state index contributed by atoms with van der Waals surface area (Å²) in [5.74, 6) is 0.360. The van der Waals surface area contributed by atoms with E-state index in [2.05, 4.69) is 0 Å². The number of benzene rings is 1. The van der Waals surface area contributed by atoms with Crippen LogP contribution in [-0.2, 0) is 14.2 Å². The van der Waals surface area contributed by atoms with E-state index < -0.39 is 41.9 Å². The lowest BCUT2D eigenvalue weighted by atomic mass is 9.89. The monoisotopic (exact) mass is 379 g/mol. The first kappa shape index (κ1) is 19.2. The number of primary amides is 1. The lowest BCUT2D eigenvalue weighted by Crippen LogP contribution is -2.65. The van der Waals surface area contributed by atoms with Gasteiger partial charge in [0.1, 0.15) is 23.5 Å². The molecule has 1 aromatic carbocycles. The van der Waals surface area contributed by atoms with Gasteiger partial charge in [-0.25, -0.2) is 9.59 Å². The van der Waals surface area contributed by atoms with E-state index in [1.165, 1.54) is 13.2 Å². The molecule has 0 saturated carbocycles. The number of fused-ring (bicyclic) bond motifs is 1. The average Bonchev–Trinajstić information content (AvgIpc) is 2.58. The quantitative estimate of drug-likeness (QED) is 0.757. The molecule has 0 radical (unpaired) electrons. The van der Waals surface area contributed by atoms with Crippen molar-refractivity contribution in [1.82, 2.24) is 0 Å². The normalized spacial score (nSPS) is 27.3. The van der Waals surface area contributed by atoms with Gasteiger partial charge in [0.15, 0.2) is 6.10 Å². The van der Waals surface area contributed by atoms with Crippen LogP contribution in [0.25, 0.3) is 11.0 Å². The molecule has 0 aliphatic carbocycles. The fourth-order valence-electron chi connectivity index (χ4n) is 3.21. The Balaban J connectivity index is 1.91. The van der Waals surface area contributed by atoms with Crippen molar-refractivity contribution in [3.05, 3.63) is 40.8 Å². The van der Waals surface area contributed by atoms with Gasteiger partial charge in [-0.3, -0.25) is 0 Å². The second-order valence-corrected chi connectivity index (χ2v) is 6.71. The number of amides is 1. The minimum Gasteiger partial charge on any atom is -0.461 e. The Morgan fingerprint density at radius 1 is 1.26 bits per heavy atom. The standard InChI is InChI=1S/C18H21NO8/c1-18(2)15(23-3)13(21)14(26-17(19)22)16(27-18)24-10-5-6-11-9(8-10)4-7-12(20)25-11/h4-8,13-16,21H,1-3H3,(H2,19,22)/t13?,14-,15+,16?/m0/s1. The van der Waals surface area contributed by atoms with E-state index in [0.717, 1.165) is 0 Å². The van der Waals surface area contributed by atoms with Gasteiger partial charge in [0.25, 0.3) is 0 Å². The molecular weight excluding hydrogens is 358 g/mol. The summed E-state index contributed by atoms with van der Waals surface area (Å²) in [6.07, 6.45) is -5.42. The van der Waals surface area contributed by atoms with E-state index >= 15 is 0 Å². The predicted octanol–water partition coefficient (Wildman–Crippen LogP) is 1.15. The zero-order valence-corrected chi connectivity index (χ0v) is 15.1. The molecule has 9 heteroatoms. The number of carbonyl (C=O) groups is 1. The van der Waals surface area contributed by atoms with E-state index in [9.17, 15) is 14.7 Å². The van der Waals surface area contributed by atoms with Gasteiger partial charge < -0.3 is 34.2 Å². The predicted molar refractivity (Wildman–Crippen MR) is 93.3 cm³/mol. The van der Waals surface area contributed by atoms with Crippen LogP contribution >= 0.6 is 0 Å². The molecular formula is C18H21NO8. The summed E-state index contributed by atoms with van der Waals surface area (Å²) in [7, 11) is 1.42. The molecule has 1 saturated heterocycles. The number of nitrogens with two attached hydrogens (primary N) is 1. The fourth-order valence-corrected chi connectivity index (χ4v) is 3.21. The maximum atomic E-state index is 11.3. The second-order valence-electron chi connectivity index (χ2n) is 6.71. The molecule has 2 aromatic rings. The van der Waals surface area contributed by atoms with Gasteiger partial charge >= 0.3 is 11.7 Å². The summed E-state index contributed by atoms with van der Waals surface area (Å²) in [4.78, 5) is 22.5. The van der Waals surface area contributed by atoms with Crippen LogP contribution in [0.1, 0.15) is 13.8 Å². The smallest absolute Gasteiger partial charge is 0.405 e. The van der Waals surface area contributed by atoms with Gasteiger partial charge in [-0.05, 0) is 38.1 Å². The third-order valence-corrected chi connectivity index (χ3v) is 4.37. The Labute approximate surface area is 154 Å². The highest BCUT2D eigenvalue weighted by Gasteiger charge is 2.52. The van der Waals surface area contributed by atoms with Crippen molar-refractivity contribution in [3.8, 4) is 5.75 Å². The maximum absolute atomic E-state index is 11.3. The molecule has 2 heterocycles. The van der Waals surface area contributed by atoms with Crippen molar-refractivity contribution in [2.24, 2.45) is 5.73 Å². The zero-order chi connectivity index (χ0) is 19.8. The van der Waals surface area contributed by atoms with Gasteiger partial charge in [-0.1, -0.05) is 0 Å². The van der Waals surface area contributed by atoms with Gasteiger partial charge in [-0.2, -0.15) is 0 Å². The average molecular weight is 379 g/mol. The van der Waals surface area contributed by atoms with Crippen LogP contribution in [0.3, 0.4) is 0 Å². The highest BCUT2D eigenvalue weighted by Crippen LogP contribution is 2.34. The fraction of sp³-hybridized carbons (Fsp3) is 0.444. The van der Waals surface area contributed by atoms with Gasteiger partial charge in [0.05, 0.1) is 5.60 Å². The first-order valence-electron chi connectivity index (χ1n) is 8.26. The SMILES string of the molecule is CO[C@@H]1C(O)[C@H](OC(N)=O)C(Oc2ccc3oc(=O)ccc3c2)OC1(C)C. The Morgan fingerprint density at radius 2 is 2.00 bits per heavy atom. The van der Waals surface area contributed by atoms with Crippen molar-refractivity contribution in [2.75, 3.05) is 7.11 Å². The molecule has 1 fully saturated rings. The number of carbonyl (C=O) groups excluding carboxylic acids is 1. The molecule has 146 valence electrons. The van der Waals surface area contributed by atoms with Gasteiger partial charge in [-0.15, -0.1) is 0 Å². The van der Waals surface area contributed by atoms with Crippen LogP contribution in [0.5, 0.6) is 5.75 Å². The van der Waals surface area contributed by atoms with E-state index in [1.807, 2.05) is 0 Å². The Morgan fingerprint density at radius 3 is 2.67 bits per heavy atom. The zero-order valence-electron chi connectivity index (χ0n) is 15.1. The van der Waals surface area contributed by atoms with Crippen LogP contribution in [0.4, 0.5) is 4.79 Å². The minimum atomic E-state index is -1.23. The summed E-state index contributed by atoms with van der Waals surface area (Å²) in [6, 6.07) is 7.64. The number of ether oxygens (including phenoxy) is 4. The molecule has 3 rings (SSSR count). The number of rotatable bonds is 4. The summed E-state index contributed by atoms with van der Waals surface area (Å²) >= 11 is 0. The largest absolute Gasteiger partial charge is 0.461 e. The lowest BCUT2D eigenvalue weighted by molar-refractivity contribution is -0.304. The number of aliphatic hydroxyl groups is 1. The highest BCUT2D eigenvalue weighted by molar-refractivity contribution is 5.77. The summed E-state index contributed by atoms with van der Waals surface area (Å²) in [6.45, 7) is 3.44. The van der Waals surface area contributed by atoms with Crippen LogP contribution in [-0.4, -0.2) is 48.5 Å². The van der Waals surface area contributed by atoms with Crippen molar-refractivity contribution >= 4 is 17.1 Å². The van der Waals surface area contributed by atoms with E-state index in [-0.39, 0.29) is 0 Å². The second kappa shape index (κ2) is 7.18. The number of aliphatic hydroxyl groups excluding tert-OH is 1. The molecule has 1 aliphatic rings. The lowest BCUT2D eigenvalue weighted by Gasteiger charge is -2.47. The van der Waals surface area contributed by atoms with E-state index in [0.29, 0.717) is 16.7 Å². The van der Waals surface area contributed by atoms with Crippen molar-refractivity contribution in [3.63, 3.8) is 0 Å². The molecule has 1 aliphatic heterocycles. The van der Waals surface area contributed by atoms with E-state index in [4.69, 9.17) is 29.1 Å². The van der Waals surface area contributed by atoms with Crippen LogP contribution in [0, 0.1) is 0 Å². The summed E-state index contributed by atoms with van der Waals surface area (Å²) < 4.78 is 27.1. The third kappa shape index (κ3) is 3.90. The third-order valence-electron chi connectivity index (χ3n) is 4.37. The van der Waals surface area contributed by atoms with Gasteiger partial charge in [0, 0.05) is 18.6 Å². The summed E-state index contributed by atoms with van der Waals surface area (Å²) in [5.41, 5.74) is 4.12. The molecule has 4 atom stereocenters. The number of methoxy groups -OCH3 is 1. The Hall–Kier alpha value is -2.62. The topological polar surface area (TPSA) is 130 Å². The molecule has 3 N–H and O–H groups in total. The van der Waals surface area contributed by atoms with Gasteiger partial charge in [0.2, 0.25) is 6.29 Å². The van der Waals surface area contributed by atoms with Crippen LogP contribution in [0.15, 0.2) is 39.5 Å². The van der Waals surface area contributed by atoms with Crippen LogP contribution < -0.4 is 16.1 Å². The number of hydrogen-bond acceptors (Lipinski definition) is 8. The Kier molecular flexibility index (Phi) is 5.09.